The van der Waals surface area contributed by atoms with Gasteiger partial charge < -0.3 is 0 Å². The molecule has 1 N–H and O–H groups in total. The van der Waals surface area contributed by atoms with Crippen molar-refractivity contribution in [2.45, 2.75) is 85.7 Å². The van der Waals surface area contributed by atoms with E-state index in [1.165, 1.54) is 44.2 Å². The molecule has 1 aliphatic heterocycles. The molecule has 0 saturated carbocycles. The maximum absolute atomic E-state index is 12.4. The number of unbranched alkanes of at least 4 members (excludes halogenated alkanes) is 2. The molecule has 3 amide bonds. The lowest BCUT2D eigenvalue weighted by molar-refractivity contribution is -0.120. The summed E-state index contributed by atoms with van der Waals surface area (Å²) in [5.74, 6) is 0.499. The van der Waals surface area contributed by atoms with Crippen LogP contribution >= 0.6 is 0 Å². The van der Waals surface area contributed by atoms with Gasteiger partial charge in [-0.15, -0.1) is 0 Å². The number of pyridine rings is 1. The van der Waals surface area contributed by atoms with E-state index in [0.717, 1.165) is 43.3 Å². The maximum atomic E-state index is 12.4. The molecule has 1 fully saturated rings. The van der Waals surface area contributed by atoms with Crippen LogP contribution in [-0.4, -0.2) is 70.1 Å². The van der Waals surface area contributed by atoms with E-state index in [1.54, 1.807) is 15.6 Å². The lowest BCUT2D eigenvalue weighted by Gasteiger charge is -2.33. The van der Waals surface area contributed by atoms with Gasteiger partial charge in [0.25, 0.3) is 0 Å². The van der Waals surface area contributed by atoms with Crippen LogP contribution in [0.5, 0.6) is 0 Å². The van der Waals surface area contributed by atoms with Crippen LogP contribution < -0.4 is 10.2 Å². The first-order valence-corrected chi connectivity index (χ1v) is 13.9. The number of rotatable bonds is 15. The second kappa shape index (κ2) is 13.7. The van der Waals surface area contributed by atoms with Crippen LogP contribution in [0.4, 0.5) is 10.5 Å². The van der Waals surface area contributed by atoms with Crippen LogP contribution in [0.3, 0.4) is 0 Å². The Morgan fingerprint density at radius 3 is 2.64 bits per heavy atom. The molecule has 2 atom stereocenters. The van der Waals surface area contributed by atoms with Gasteiger partial charge in [-0.25, -0.2) is 9.31 Å². The van der Waals surface area contributed by atoms with E-state index in [2.05, 4.69) is 67.0 Å². The topological polar surface area (TPSA) is 73.2 Å². The molecule has 0 spiro atoms. The minimum absolute atomic E-state index is 0.228. The fraction of sp³-hybridized carbons (Fsp3) is 0.679. The van der Waals surface area contributed by atoms with Crippen LogP contribution in [0.2, 0.25) is 0 Å². The molecule has 1 saturated heterocycles. The smallest absolute Gasteiger partial charge is 0.299 e. The summed E-state index contributed by atoms with van der Waals surface area (Å²) in [5.41, 5.74) is 2.82. The third kappa shape index (κ3) is 7.53. The quantitative estimate of drug-likeness (QED) is 0.353. The van der Waals surface area contributed by atoms with Gasteiger partial charge in [0.2, 0.25) is 5.91 Å². The Morgan fingerprint density at radius 1 is 1.14 bits per heavy atom. The Balaban J connectivity index is 1.64. The number of hydrogen-bond donors (Lipinski definition) is 1. The molecule has 200 valence electrons. The van der Waals surface area contributed by atoms with Gasteiger partial charge in [-0.05, 0) is 49.9 Å². The Hall–Kier alpha value is -2.45. The second-order valence-electron chi connectivity index (χ2n) is 10.4. The molecule has 2 aromatic heterocycles. The Bertz CT molecular complexity index is 990. The summed E-state index contributed by atoms with van der Waals surface area (Å²) >= 11 is 0. The number of aromatic nitrogens is 2. The number of likely N-dealkylation sites (N-methyl/N-ethyl adjacent to an activating group) is 1. The molecule has 0 aliphatic carbocycles. The fourth-order valence-corrected chi connectivity index (χ4v) is 4.97. The molecule has 3 rings (SSSR count). The zero-order valence-corrected chi connectivity index (χ0v) is 23.0. The molecule has 36 heavy (non-hydrogen) atoms. The minimum Gasteiger partial charge on any atom is -0.299 e. The van der Waals surface area contributed by atoms with Gasteiger partial charge in [-0.2, -0.15) is 5.10 Å². The zero-order valence-electron chi connectivity index (χ0n) is 23.0. The van der Waals surface area contributed by atoms with E-state index in [1.807, 2.05) is 6.20 Å². The number of urea groups is 1. The van der Waals surface area contributed by atoms with Crippen LogP contribution in [0.1, 0.15) is 78.7 Å². The summed E-state index contributed by atoms with van der Waals surface area (Å²) in [6.07, 6.45) is 10.4. The monoisotopic (exact) mass is 498 g/mol. The first kappa shape index (κ1) is 28.1. The van der Waals surface area contributed by atoms with Crippen molar-refractivity contribution in [1.29, 1.82) is 0 Å². The normalized spacial score (nSPS) is 16.2. The van der Waals surface area contributed by atoms with Crippen LogP contribution in [-0.2, 0) is 11.3 Å². The predicted octanol–water partition coefficient (Wildman–Crippen LogP) is 4.92. The number of nitrogens with zero attached hydrogens (tertiary/aromatic N) is 5. The molecule has 2 aromatic rings. The summed E-state index contributed by atoms with van der Waals surface area (Å²) in [7, 11) is 0. The number of carbonyl (C=O) groups excluding carboxylic acids is 2. The molecular formula is C28H46N6O2. The van der Waals surface area contributed by atoms with Gasteiger partial charge in [-0.3, -0.25) is 24.8 Å². The fourth-order valence-electron chi connectivity index (χ4n) is 4.97. The largest absolute Gasteiger partial charge is 0.328 e. The highest BCUT2D eigenvalue weighted by atomic mass is 16.2. The lowest BCUT2D eigenvalue weighted by Crippen LogP contribution is -2.49. The van der Waals surface area contributed by atoms with E-state index in [4.69, 9.17) is 0 Å². The molecule has 0 aromatic carbocycles. The number of carbonyl (C=O) groups is 2. The van der Waals surface area contributed by atoms with Crippen LogP contribution in [0.25, 0.3) is 5.52 Å². The van der Waals surface area contributed by atoms with Crippen molar-refractivity contribution in [3.8, 4) is 0 Å². The molecule has 3 heterocycles. The van der Waals surface area contributed by atoms with Crippen molar-refractivity contribution in [3.05, 3.63) is 30.1 Å². The highest BCUT2D eigenvalue weighted by molar-refractivity contribution is 6.07. The third-order valence-electron chi connectivity index (χ3n) is 7.53. The van der Waals surface area contributed by atoms with Crippen molar-refractivity contribution in [1.82, 2.24) is 24.7 Å². The Kier molecular flexibility index (Phi) is 10.7. The molecule has 0 radical (unpaired) electrons. The van der Waals surface area contributed by atoms with Crippen molar-refractivity contribution in [2.75, 3.05) is 37.6 Å². The number of amides is 3. The van der Waals surface area contributed by atoms with E-state index in [-0.39, 0.29) is 11.9 Å². The molecule has 0 bridgehead atoms. The third-order valence-corrected chi connectivity index (χ3v) is 7.53. The molecule has 1 aliphatic rings. The highest BCUT2D eigenvalue weighted by Crippen LogP contribution is 2.24. The van der Waals surface area contributed by atoms with Gasteiger partial charge >= 0.3 is 6.03 Å². The summed E-state index contributed by atoms with van der Waals surface area (Å²) in [5, 5.41) is 6.82. The maximum Gasteiger partial charge on any atom is 0.328 e. The van der Waals surface area contributed by atoms with Crippen molar-refractivity contribution in [2.24, 2.45) is 5.92 Å². The average Bonchev–Trinajstić information content (AvgIpc) is 3.28. The number of nitrogens with one attached hydrogen (secondary N) is 1. The van der Waals surface area contributed by atoms with Gasteiger partial charge in [0.05, 0.1) is 17.4 Å². The van der Waals surface area contributed by atoms with Crippen LogP contribution in [0.15, 0.2) is 24.5 Å². The average molecular weight is 499 g/mol. The Morgan fingerprint density at radius 2 is 1.94 bits per heavy atom. The first-order valence-electron chi connectivity index (χ1n) is 13.9. The van der Waals surface area contributed by atoms with E-state index in [9.17, 15) is 9.59 Å². The van der Waals surface area contributed by atoms with Gasteiger partial charge in [0, 0.05) is 51.4 Å². The van der Waals surface area contributed by atoms with E-state index in [0.29, 0.717) is 19.0 Å². The number of anilines is 1. The zero-order chi connectivity index (χ0) is 26.1. The molecule has 8 nitrogen and oxygen atoms in total. The highest BCUT2D eigenvalue weighted by Gasteiger charge is 2.26. The van der Waals surface area contributed by atoms with E-state index < -0.39 is 0 Å². The van der Waals surface area contributed by atoms with Gasteiger partial charge in [0.15, 0.2) is 0 Å². The molecule has 8 heteroatoms. The predicted molar refractivity (Wildman–Crippen MR) is 146 cm³/mol. The Labute approximate surface area is 217 Å². The molecule has 2 unspecified atom stereocenters. The number of imide groups is 1. The van der Waals surface area contributed by atoms with E-state index >= 15 is 0 Å². The summed E-state index contributed by atoms with van der Waals surface area (Å²) in [6.45, 7) is 17.0. The molecular weight excluding hydrogens is 452 g/mol. The summed E-state index contributed by atoms with van der Waals surface area (Å²) in [4.78, 5) is 30.7. The summed E-state index contributed by atoms with van der Waals surface area (Å²) < 4.78 is 1.80. The van der Waals surface area contributed by atoms with Crippen molar-refractivity contribution >= 4 is 23.1 Å². The standard InChI is InChI=1S/C28H46N6O2/c1-6-9-10-11-22(4)20-32(23(5)7-2)17-16-31(8-3)21-24-12-15-34-25(18-24)26(19-29-34)33-14-13-27(35)30-28(33)36/h12,15,18-19,22-23H,6-11,13-14,16-17,20-21H2,1-5H3,(H,30,35,36). The van der Waals surface area contributed by atoms with Crippen molar-refractivity contribution in [3.63, 3.8) is 0 Å². The second-order valence-corrected chi connectivity index (χ2v) is 10.4. The first-order chi connectivity index (χ1) is 17.4. The SMILES string of the molecule is CCCCCC(C)CN(CCN(CC)Cc1ccn2ncc(N3CCC(=O)NC3=O)c2c1)C(C)CC. The minimum atomic E-state index is -0.379. The number of fused-ring (bicyclic) bond motifs is 1. The summed E-state index contributed by atoms with van der Waals surface area (Å²) in [6, 6.07) is 4.44. The van der Waals surface area contributed by atoms with Crippen molar-refractivity contribution < 1.29 is 9.59 Å². The van der Waals surface area contributed by atoms with Gasteiger partial charge in [-0.1, -0.05) is 47.0 Å². The van der Waals surface area contributed by atoms with Crippen LogP contribution in [0, 0.1) is 5.92 Å². The number of hydrogen-bond acceptors (Lipinski definition) is 5. The van der Waals surface area contributed by atoms with Gasteiger partial charge in [0.1, 0.15) is 0 Å². The lowest BCUT2D eigenvalue weighted by atomic mass is 10.0.